The molecule has 6 nitrogen and oxygen atoms in total. The predicted octanol–water partition coefficient (Wildman–Crippen LogP) is 0.714. The Kier molecular flexibility index (Phi) is 3.27. The van der Waals surface area contributed by atoms with E-state index in [2.05, 4.69) is 39.4 Å². The van der Waals surface area contributed by atoms with Crippen LogP contribution in [-0.4, -0.2) is 50.9 Å². The molecule has 1 aliphatic rings. The highest BCUT2D eigenvalue weighted by molar-refractivity contribution is 7.16. The lowest BCUT2D eigenvalue weighted by atomic mass is 10.2. The Morgan fingerprint density at radius 3 is 2.83 bits per heavy atom. The van der Waals surface area contributed by atoms with Crippen molar-refractivity contribution in [3.05, 3.63) is 10.8 Å². The molecular weight excluding hydrogens is 248 g/mol. The van der Waals surface area contributed by atoms with E-state index in [1.807, 2.05) is 4.52 Å². The number of nitrogens with zero attached hydrogens (tertiary/aromatic N) is 5. The molecule has 2 aromatic heterocycles. The van der Waals surface area contributed by atoms with E-state index in [1.54, 1.807) is 11.3 Å². The summed E-state index contributed by atoms with van der Waals surface area (Å²) in [4.78, 5) is 3.37. The van der Waals surface area contributed by atoms with Crippen molar-refractivity contribution in [2.45, 2.75) is 26.3 Å². The Morgan fingerprint density at radius 2 is 2.11 bits per heavy atom. The first-order valence-electron chi connectivity index (χ1n) is 6.45. The quantitative estimate of drug-likeness (QED) is 0.887. The highest BCUT2D eigenvalue weighted by Crippen LogP contribution is 2.25. The highest BCUT2D eigenvalue weighted by atomic mass is 32.1. The zero-order chi connectivity index (χ0) is 12.5. The molecule has 1 aliphatic heterocycles. The Morgan fingerprint density at radius 1 is 1.33 bits per heavy atom. The summed E-state index contributed by atoms with van der Waals surface area (Å²) in [6.07, 6.45) is 0.867. The molecular formula is C11H18N6S. The van der Waals surface area contributed by atoms with Gasteiger partial charge in [-0.25, -0.2) is 0 Å². The second kappa shape index (κ2) is 4.91. The second-order valence-corrected chi connectivity index (χ2v) is 5.55. The molecule has 0 aromatic carbocycles. The summed E-state index contributed by atoms with van der Waals surface area (Å²) in [6.45, 7) is 8.60. The van der Waals surface area contributed by atoms with Crippen molar-refractivity contribution in [2.24, 2.45) is 0 Å². The molecule has 3 rings (SSSR count). The Hall–Kier alpha value is -1.05. The van der Waals surface area contributed by atoms with E-state index < -0.39 is 0 Å². The number of hydrogen-bond acceptors (Lipinski definition) is 6. The van der Waals surface area contributed by atoms with Crippen molar-refractivity contribution in [3.63, 3.8) is 0 Å². The first-order chi connectivity index (χ1) is 8.79. The fraction of sp³-hybridized carbons (Fsp3) is 0.727. The molecule has 18 heavy (non-hydrogen) atoms. The molecule has 0 bridgehead atoms. The van der Waals surface area contributed by atoms with Crippen LogP contribution in [0, 0.1) is 0 Å². The van der Waals surface area contributed by atoms with Gasteiger partial charge in [0, 0.05) is 32.6 Å². The van der Waals surface area contributed by atoms with Crippen LogP contribution in [0.3, 0.4) is 0 Å². The molecule has 0 amide bonds. The molecule has 98 valence electrons. The van der Waals surface area contributed by atoms with Crippen molar-refractivity contribution in [1.29, 1.82) is 0 Å². The molecule has 1 saturated heterocycles. The van der Waals surface area contributed by atoms with Crippen LogP contribution < -0.4 is 5.32 Å². The van der Waals surface area contributed by atoms with E-state index in [0.717, 1.165) is 48.4 Å². The average molecular weight is 266 g/mol. The zero-order valence-corrected chi connectivity index (χ0v) is 11.6. The van der Waals surface area contributed by atoms with Crippen molar-refractivity contribution >= 4 is 16.3 Å². The van der Waals surface area contributed by atoms with Crippen LogP contribution in [0.4, 0.5) is 0 Å². The molecule has 7 heteroatoms. The molecule has 0 saturated carbocycles. The number of nitrogens with one attached hydrogen (secondary N) is 1. The molecule has 2 aromatic rings. The summed E-state index contributed by atoms with van der Waals surface area (Å²) in [5.74, 6) is 0.944. The summed E-state index contributed by atoms with van der Waals surface area (Å²) in [7, 11) is 0. The molecule has 1 N–H and O–H groups in total. The molecule has 1 unspecified atom stereocenters. The minimum atomic E-state index is 0.364. The SMILES string of the molecule is CCc1nnc2sc(C(C)N3CCNCC3)nn12. The molecule has 1 atom stereocenters. The zero-order valence-electron chi connectivity index (χ0n) is 10.8. The van der Waals surface area contributed by atoms with Gasteiger partial charge < -0.3 is 5.32 Å². The number of hydrogen-bond donors (Lipinski definition) is 1. The van der Waals surface area contributed by atoms with Crippen LogP contribution in [0.1, 0.15) is 30.7 Å². The average Bonchev–Trinajstić information content (AvgIpc) is 2.98. The molecule has 3 heterocycles. The fourth-order valence-electron chi connectivity index (χ4n) is 2.29. The number of fused-ring (bicyclic) bond motifs is 1. The molecule has 0 aliphatic carbocycles. The van der Waals surface area contributed by atoms with E-state index in [1.165, 1.54) is 0 Å². The van der Waals surface area contributed by atoms with E-state index in [-0.39, 0.29) is 0 Å². The third-order valence-electron chi connectivity index (χ3n) is 3.44. The van der Waals surface area contributed by atoms with Gasteiger partial charge in [-0.15, -0.1) is 10.2 Å². The third kappa shape index (κ3) is 2.02. The fourth-order valence-corrected chi connectivity index (χ4v) is 3.23. The first kappa shape index (κ1) is 12.0. The van der Waals surface area contributed by atoms with Gasteiger partial charge in [-0.3, -0.25) is 4.90 Å². The van der Waals surface area contributed by atoms with Crippen LogP contribution in [-0.2, 0) is 6.42 Å². The summed E-state index contributed by atoms with van der Waals surface area (Å²) >= 11 is 1.65. The number of piperazine rings is 1. The van der Waals surface area contributed by atoms with Crippen molar-refractivity contribution < 1.29 is 0 Å². The van der Waals surface area contributed by atoms with Gasteiger partial charge in [0.1, 0.15) is 5.01 Å². The second-order valence-electron chi connectivity index (χ2n) is 4.57. The maximum Gasteiger partial charge on any atom is 0.234 e. The van der Waals surface area contributed by atoms with Crippen LogP contribution >= 0.6 is 11.3 Å². The Bertz CT molecular complexity index is 527. The van der Waals surface area contributed by atoms with Crippen LogP contribution in [0.25, 0.3) is 4.96 Å². The maximum absolute atomic E-state index is 4.67. The lowest BCUT2D eigenvalue weighted by Crippen LogP contribution is -2.44. The highest BCUT2D eigenvalue weighted by Gasteiger charge is 2.22. The lowest BCUT2D eigenvalue weighted by molar-refractivity contribution is 0.184. The van der Waals surface area contributed by atoms with E-state index in [9.17, 15) is 0 Å². The van der Waals surface area contributed by atoms with Gasteiger partial charge in [0.05, 0.1) is 6.04 Å². The topological polar surface area (TPSA) is 58.4 Å². The molecule has 0 spiro atoms. The Balaban J connectivity index is 1.86. The van der Waals surface area contributed by atoms with Crippen LogP contribution in [0.2, 0.25) is 0 Å². The summed E-state index contributed by atoms with van der Waals surface area (Å²) in [6, 6.07) is 0.364. The van der Waals surface area contributed by atoms with Gasteiger partial charge in [0.25, 0.3) is 0 Å². The largest absolute Gasteiger partial charge is 0.314 e. The standard InChI is InChI=1S/C11H18N6S/c1-3-9-13-14-11-17(9)15-10(18-11)8(2)16-6-4-12-5-7-16/h8,12H,3-7H2,1-2H3. The third-order valence-corrected chi connectivity index (χ3v) is 4.51. The summed E-state index contributed by atoms with van der Waals surface area (Å²) < 4.78 is 1.89. The minimum absolute atomic E-state index is 0.364. The maximum atomic E-state index is 4.67. The smallest absolute Gasteiger partial charge is 0.234 e. The van der Waals surface area contributed by atoms with Crippen molar-refractivity contribution in [3.8, 4) is 0 Å². The van der Waals surface area contributed by atoms with Gasteiger partial charge >= 0.3 is 0 Å². The van der Waals surface area contributed by atoms with Gasteiger partial charge in [0.15, 0.2) is 5.82 Å². The number of aromatic nitrogens is 4. The van der Waals surface area contributed by atoms with Crippen LogP contribution in [0.5, 0.6) is 0 Å². The van der Waals surface area contributed by atoms with E-state index in [0.29, 0.717) is 6.04 Å². The monoisotopic (exact) mass is 266 g/mol. The van der Waals surface area contributed by atoms with Gasteiger partial charge in [-0.1, -0.05) is 18.3 Å². The first-order valence-corrected chi connectivity index (χ1v) is 7.27. The molecule has 1 fully saturated rings. The van der Waals surface area contributed by atoms with Crippen molar-refractivity contribution in [2.75, 3.05) is 26.2 Å². The van der Waals surface area contributed by atoms with E-state index >= 15 is 0 Å². The van der Waals surface area contributed by atoms with Crippen LogP contribution in [0.15, 0.2) is 0 Å². The van der Waals surface area contributed by atoms with Gasteiger partial charge in [-0.05, 0) is 6.92 Å². The van der Waals surface area contributed by atoms with E-state index in [4.69, 9.17) is 0 Å². The number of rotatable bonds is 3. The predicted molar refractivity (Wildman–Crippen MR) is 70.9 cm³/mol. The summed E-state index contributed by atoms with van der Waals surface area (Å²) in [5, 5.41) is 17.5. The normalized spacial score (nSPS) is 19.4. The lowest BCUT2D eigenvalue weighted by Gasteiger charge is -2.31. The van der Waals surface area contributed by atoms with Gasteiger partial charge in [-0.2, -0.15) is 9.61 Å². The molecule has 0 radical (unpaired) electrons. The number of aryl methyl sites for hydroxylation is 1. The minimum Gasteiger partial charge on any atom is -0.314 e. The Labute approximate surface area is 110 Å². The van der Waals surface area contributed by atoms with Gasteiger partial charge in [0.2, 0.25) is 4.96 Å². The summed E-state index contributed by atoms with van der Waals surface area (Å²) in [5.41, 5.74) is 0. The van der Waals surface area contributed by atoms with Crippen molar-refractivity contribution in [1.82, 2.24) is 30.0 Å².